The van der Waals surface area contributed by atoms with Crippen molar-refractivity contribution >= 4 is 5.78 Å². The van der Waals surface area contributed by atoms with E-state index in [1.165, 1.54) is 0 Å². The fourth-order valence-electron chi connectivity index (χ4n) is 9.81. The van der Waals surface area contributed by atoms with Gasteiger partial charge < -0.3 is 50.3 Å². The first-order chi connectivity index (χ1) is 20.4. The summed E-state index contributed by atoms with van der Waals surface area (Å²) in [6.45, 7) is 9.17. The standard InChI is InChI=1S/C33H54O11/c1-16(2)6-7-25(37)32(5,41)24-9-11-33(42)18-12-20(35)19-13-22(43-29-28(40)27(39)26(38)23(15-34)44-29)21(36)14-30(19,3)17(18)8-10-31(24,33)4/h12,16-17,19,21-29,34,36-42H,6-11,13-15H2,1-5H3/t17-,19-,21-,22+,23-,24-,25?,26-,27+,28-,29+,30+,31+,32+,33+/m0/s1. The first kappa shape index (κ1) is 34.3. The number of ether oxygens (including phenoxy) is 2. The van der Waals surface area contributed by atoms with Gasteiger partial charge in [0, 0.05) is 11.3 Å². The molecule has 4 fully saturated rings. The second kappa shape index (κ2) is 11.9. The van der Waals surface area contributed by atoms with E-state index in [0.29, 0.717) is 43.6 Å². The molecule has 0 spiro atoms. The third-order valence-corrected chi connectivity index (χ3v) is 12.6. The highest BCUT2D eigenvalue weighted by Crippen LogP contribution is 2.68. The lowest BCUT2D eigenvalue weighted by atomic mass is 9.45. The Morgan fingerprint density at radius 1 is 1.05 bits per heavy atom. The maximum Gasteiger partial charge on any atom is 0.187 e. The van der Waals surface area contributed by atoms with Crippen LogP contribution in [0.4, 0.5) is 0 Å². The number of carbonyl (C=O) groups excluding carboxylic acids is 1. The summed E-state index contributed by atoms with van der Waals surface area (Å²) in [4.78, 5) is 13.9. The van der Waals surface area contributed by atoms with Gasteiger partial charge in [0.25, 0.3) is 0 Å². The maximum atomic E-state index is 13.9. The normalized spacial score (nSPS) is 49.5. The van der Waals surface area contributed by atoms with E-state index in [9.17, 15) is 45.6 Å². The van der Waals surface area contributed by atoms with E-state index in [-0.39, 0.29) is 30.5 Å². The van der Waals surface area contributed by atoms with Crippen LogP contribution >= 0.6 is 0 Å². The highest BCUT2D eigenvalue weighted by molar-refractivity contribution is 5.95. The molecule has 5 rings (SSSR count). The molecule has 4 aliphatic carbocycles. The maximum absolute atomic E-state index is 13.9. The van der Waals surface area contributed by atoms with Crippen LogP contribution in [-0.4, -0.2) is 113 Å². The van der Waals surface area contributed by atoms with Gasteiger partial charge in [0.2, 0.25) is 0 Å². The Balaban J connectivity index is 1.38. The number of ketones is 1. The molecule has 5 aliphatic rings. The van der Waals surface area contributed by atoms with Crippen molar-refractivity contribution in [2.24, 2.45) is 34.5 Å². The lowest BCUT2D eigenvalue weighted by molar-refractivity contribution is -0.322. The number of hydrogen-bond acceptors (Lipinski definition) is 11. The van der Waals surface area contributed by atoms with Gasteiger partial charge in [-0.05, 0) is 93.1 Å². The molecule has 1 saturated heterocycles. The second-order valence-electron chi connectivity index (χ2n) is 15.6. The van der Waals surface area contributed by atoms with E-state index in [1.54, 1.807) is 13.0 Å². The summed E-state index contributed by atoms with van der Waals surface area (Å²) in [5, 5.41) is 86.9. The van der Waals surface area contributed by atoms with Crippen LogP contribution in [0, 0.1) is 34.5 Å². The molecule has 44 heavy (non-hydrogen) atoms. The molecule has 1 heterocycles. The van der Waals surface area contributed by atoms with Crippen molar-refractivity contribution in [3.63, 3.8) is 0 Å². The van der Waals surface area contributed by atoms with Crippen molar-refractivity contribution in [1.82, 2.24) is 0 Å². The van der Waals surface area contributed by atoms with Gasteiger partial charge in [0.05, 0.1) is 36.1 Å². The molecule has 0 radical (unpaired) electrons. The molecule has 1 aliphatic heterocycles. The average molecular weight is 627 g/mol. The number of carbonyl (C=O) groups is 1. The predicted molar refractivity (Wildman–Crippen MR) is 158 cm³/mol. The second-order valence-corrected chi connectivity index (χ2v) is 15.6. The van der Waals surface area contributed by atoms with Gasteiger partial charge in [-0.3, -0.25) is 4.79 Å². The Hall–Kier alpha value is -0.990. The van der Waals surface area contributed by atoms with Crippen LogP contribution in [0.2, 0.25) is 0 Å². The first-order valence-corrected chi connectivity index (χ1v) is 16.4. The summed E-state index contributed by atoms with van der Waals surface area (Å²) in [5.74, 6) is -0.913. The molecule has 0 bridgehead atoms. The van der Waals surface area contributed by atoms with Gasteiger partial charge in [-0.1, -0.05) is 27.7 Å². The number of allylic oxidation sites excluding steroid dienone is 1. The zero-order valence-electron chi connectivity index (χ0n) is 26.7. The molecule has 1 unspecified atom stereocenters. The third kappa shape index (κ3) is 5.23. The van der Waals surface area contributed by atoms with Crippen molar-refractivity contribution in [1.29, 1.82) is 0 Å². The molecule has 0 aromatic heterocycles. The molecule has 11 nitrogen and oxygen atoms in total. The zero-order valence-corrected chi connectivity index (χ0v) is 26.7. The van der Waals surface area contributed by atoms with Crippen LogP contribution in [-0.2, 0) is 14.3 Å². The van der Waals surface area contributed by atoms with Crippen LogP contribution in [0.3, 0.4) is 0 Å². The van der Waals surface area contributed by atoms with Gasteiger partial charge in [0.15, 0.2) is 12.1 Å². The number of rotatable bonds is 8. The molecular formula is C33H54O11. The lowest BCUT2D eigenvalue weighted by Gasteiger charge is -2.61. The molecule has 3 saturated carbocycles. The van der Waals surface area contributed by atoms with E-state index in [0.717, 1.165) is 6.42 Å². The Bertz CT molecular complexity index is 1110. The third-order valence-electron chi connectivity index (χ3n) is 12.6. The summed E-state index contributed by atoms with van der Waals surface area (Å²) in [7, 11) is 0. The molecule has 0 amide bonds. The Morgan fingerprint density at radius 3 is 2.36 bits per heavy atom. The van der Waals surface area contributed by atoms with Crippen molar-refractivity contribution in [2.75, 3.05) is 6.61 Å². The van der Waals surface area contributed by atoms with Gasteiger partial charge in [0.1, 0.15) is 24.4 Å². The van der Waals surface area contributed by atoms with Crippen molar-refractivity contribution in [2.45, 2.75) is 146 Å². The number of aliphatic hydroxyl groups is 8. The van der Waals surface area contributed by atoms with Crippen LogP contribution < -0.4 is 0 Å². The number of fused-ring (bicyclic) bond motifs is 5. The van der Waals surface area contributed by atoms with Gasteiger partial charge >= 0.3 is 0 Å². The van der Waals surface area contributed by atoms with Crippen molar-refractivity contribution in [3.05, 3.63) is 11.6 Å². The number of hydrogen-bond donors (Lipinski definition) is 8. The summed E-state index contributed by atoms with van der Waals surface area (Å²) < 4.78 is 11.4. The monoisotopic (exact) mass is 626 g/mol. The van der Waals surface area contributed by atoms with Gasteiger partial charge in [-0.25, -0.2) is 0 Å². The van der Waals surface area contributed by atoms with E-state index < -0.39 is 83.6 Å². The summed E-state index contributed by atoms with van der Waals surface area (Å²) >= 11 is 0. The fourth-order valence-corrected chi connectivity index (χ4v) is 9.81. The van der Waals surface area contributed by atoms with E-state index >= 15 is 0 Å². The van der Waals surface area contributed by atoms with E-state index in [4.69, 9.17) is 9.47 Å². The summed E-state index contributed by atoms with van der Waals surface area (Å²) in [6.07, 6.45) is -5.04. The quantitative estimate of drug-likeness (QED) is 0.187. The highest BCUT2D eigenvalue weighted by Gasteiger charge is 2.69. The minimum atomic E-state index is -1.62. The molecule has 11 heteroatoms. The van der Waals surface area contributed by atoms with Crippen LogP contribution in [0.1, 0.15) is 86.0 Å². The largest absolute Gasteiger partial charge is 0.394 e. The average Bonchev–Trinajstić information content (AvgIpc) is 3.24. The first-order valence-electron chi connectivity index (χ1n) is 16.4. The SMILES string of the molecule is CC(C)CCC(O)[C@](C)(O)[C@H]1CC[C@@]2(O)C3=CC(=O)[C@@H]4C[C@@H](O[C@@H]5O[C@@H](CO)[C@H](O)[C@@H](O)[C@@H]5O)[C@@H](O)C[C@]4(C)[C@H]3CC[C@]12C. The van der Waals surface area contributed by atoms with E-state index in [1.807, 2.05) is 13.8 Å². The lowest BCUT2D eigenvalue weighted by Crippen LogP contribution is -2.64. The predicted octanol–water partition coefficient (Wildman–Crippen LogP) is 0.563. The van der Waals surface area contributed by atoms with Crippen LogP contribution in [0.25, 0.3) is 0 Å². The molecule has 0 aromatic rings. The summed E-state index contributed by atoms with van der Waals surface area (Å²) in [6, 6.07) is 0. The molecule has 252 valence electrons. The van der Waals surface area contributed by atoms with Crippen molar-refractivity contribution in [3.8, 4) is 0 Å². The molecular weight excluding hydrogens is 572 g/mol. The zero-order chi connectivity index (χ0) is 32.6. The molecule has 15 atom stereocenters. The van der Waals surface area contributed by atoms with Crippen LogP contribution in [0.15, 0.2) is 11.6 Å². The number of aliphatic hydroxyl groups excluding tert-OH is 6. The Labute approximate surface area is 259 Å². The van der Waals surface area contributed by atoms with Gasteiger partial charge in [-0.2, -0.15) is 0 Å². The van der Waals surface area contributed by atoms with Crippen LogP contribution in [0.5, 0.6) is 0 Å². The topological polar surface area (TPSA) is 197 Å². The smallest absolute Gasteiger partial charge is 0.187 e. The fraction of sp³-hybridized carbons (Fsp3) is 0.909. The minimum Gasteiger partial charge on any atom is -0.394 e. The highest BCUT2D eigenvalue weighted by atomic mass is 16.7. The molecule has 0 aromatic carbocycles. The minimum absolute atomic E-state index is 0.126. The molecule has 8 N–H and O–H groups in total. The van der Waals surface area contributed by atoms with E-state index in [2.05, 4.69) is 13.8 Å². The van der Waals surface area contributed by atoms with Crippen molar-refractivity contribution < 1.29 is 55.1 Å². The van der Waals surface area contributed by atoms with Gasteiger partial charge in [-0.15, -0.1) is 0 Å². The Kier molecular flexibility index (Phi) is 9.30. The summed E-state index contributed by atoms with van der Waals surface area (Å²) in [5.41, 5.74) is -3.55. The Morgan fingerprint density at radius 2 is 1.73 bits per heavy atom.